The van der Waals surface area contributed by atoms with Crippen molar-refractivity contribution in [1.29, 1.82) is 0 Å². The van der Waals surface area contributed by atoms with Gasteiger partial charge in [-0.1, -0.05) is 35.9 Å². The first-order chi connectivity index (χ1) is 10.9. The third-order valence-corrected chi connectivity index (χ3v) is 3.91. The topological polar surface area (TPSA) is 41.5 Å². The van der Waals surface area contributed by atoms with Gasteiger partial charge in [-0.25, -0.2) is 4.39 Å². The number of aliphatic hydroxyl groups is 1. The van der Waals surface area contributed by atoms with E-state index in [1.54, 1.807) is 12.1 Å². The molecule has 124 valence electrons. The lowest BCUT2D eigenvalue weighted by Crippen LogP contribution is -2.42. The molecular formula is C18H21ClFNO2. The van der Waals surface area contributed by atoms with E-state index in [-0.39, 0.29) is 24.6 Å². The Morgan fingerprint density at radius 3 is 2.61 bits per heavy atom. The van der Waals surface area contributed by atoms with Crippen molar-refractivity contribution in [1.82, 2.24) is 5.32 Å². The van der Waals surface area contributed by atoms with E-state index in [1.807, 2.05) is 38.1 Å². The monoisotopic (exact) mass is 337 g/mol. The smallest absolute Gasteiger partial charge is 0.131 e. The summed E-state index contributed by atoms with van der Waals surface area (Å²) < 4.78 is 19.6. The third kappa shape index (κ3) is 4.93. The fourth-order valence-electron chi connectivity index (χ4n) is 2.00. The Hall–Kier alpha value is -1.62. The van der Waals surface area contributed by atoms with Crippen molar-refractivity contribution in [2.45, 2.75) is 32.5 Å². The van der Waals surface area contributed by atoms with Gasteiger partial charge in [-0.3, -0.25) is 0 Å². The summed E-state index contributed by atoms with van der Waals surface area (Å²) in [5.41, 5.74) is 0.885. The van der Waals surface area contributed by atoms with Crippen LogP contribution in [0.15, 0.2) is 42.5 Å². The van der Waals surface area contributed by atoms with E-state index < -0.39 is 0 Å². The highest BCUT2D eigenvalue weighted by molar-refractivity contribution is 6.31. The molecule has 0 bridgehead atoms. The summed E-state index contributed by atoms with van der Waals surface area (Å²) in [6.07, 6.45) is 0. The Kier molecular flexibility index (Phi) is 5.99. The summed E-state index contributed by atoms with van der Waals surface area (Å²) in [5.74, 6) is 0.280. The molecule has 0 aliphatic rings. The molecular weight excluding hydrogens is 317 g/mol. The zero-order chi connectivity index (χ0) is 16.9. The van der Waals surface area contributed by atoms with Gasteiger partial charge in [-0.15, -0.1) is 0 Å². The predicted octanol–water partition coefficient (Wildman–Crippen LogP) is 3.92. The minimum absolute atomic E-state index is 0.0286. The van der Waals surface area contributed by atoms with Crippen LogP contribution in [0.2, 0.25) is 5.02 Å². The van der Waals surface area contributed by atoms with E-state index in [4.69, 9.17) is 16.3 Å². The van der Waals surface area contributed by atoms with Crippen LogP contribution in [-0.2, 0) is 13.2 Å². The molecule has 3 nitrogen and oxygen atoms in total. The predicted molar refractivity (Wildman–Crippen MR) is 90.2 cm³/mol. The molecule has 2 aromatic carbocycles. The van der Waals surface area contributed by atoms with Crippen molar-refractivity contribution in [3.05, 3.63) is 64.4 Å². The van der Waals surface area contributed by atoms with Crippen LogP contribution >= 0.6 is 11.6 Å². The molecule has 0 saturated heterocycles. The highest BCUT2D eigenvalue weighted by Gasteiger charge is 2.16. The van der Waals surface area contributed by atoms with Crippen LogP contribution in [0.4, 0.5) is 4.39 Å². The summed E-state index contributed by atoms with van der Waals surface area (Å²) in [6, 6.07) is 12.1. The van der Waals surface area contributed by atoms with Gasteiger partial charge >= 0.3 is 0 Å². The molecule has 0 saturated carbocycles. The van der Waals surface area contributed by atoms with Gasteiger partial charge in [0.2, 0.25) is 0 Å². The molecule has 0 atom stereocenters. The van der Waals surface area contributed by atoms with Gasteiger partial charge in [0, 0.05) is 23.2 Å². The number of ether oxygens (including phenoxy) is 1. The maximum atomic E-state index is 13.8. The second-order valence-electron chi connectivity index (χ2n) is 5.99. The van der Waals surface area contributed by atoms with Crippen LogP contribution in [0.1, 0.15) is 25.0 Å². The molecule has 0 spiro atoms. The molecule has 2 rings (SSSR count). The Bertz CT molecular complexity index is 641. The Labute approximate surface area is 141 Å². The van der Waals surface area contributed by atoms with Crippen molar-refractivity contribution in [3.8, 4) is 5.75 Å². The molecule has 0 aliphatic heterocycles. The van der Waals surface area contributed by atoms with E-state index in [9.17, 15) is 9.50 Å². The number of halogens is 2. The average molecular weight is 338 g/mol. The fourth-order valence-corrected chi connectivity index (χ4v) is 2.22. The van der Waals surface area contributed by atoms with Gasteiger partial charge in [-0.05, 0) is 32.0 Å². The van der Waals surface area contributed by atoms with Crippen LogP contribution in [-0.4, -0.2) is 17.3 Å². The molecule has 5 heteroatoms. The summed E-state index contributed by atoms with van der Waals surface area (Å²) in [4.78, 5) is 0. The Balaban J connectivity index is 2.09. The van der Waals surface area contributed by atoms with Crippen LogP contribution in [0.25, 0.3) is 0 Å². The molecule has 0 aromatic heterocycles. The lowest BCUT2D eigenvalue weighted by molar-refractivity contribution is 0.186. The van der Waals surface area contributed by atoms with Crippen molar-refractivity contribution < 1.29 is 14.2 Å². The van der Waals surface area contributed by atoms with Crippen molar-refractivity contribution >= 4 is 11.6 Å². The van der Waals surface area contributed by atoms with Crippen LogP contribution in [0, 0.1) is 5.82 Å². The largest absolute Gasteiger partial charge is 0.488 e. The minimum Gasteiger partial charge on any atom is -0.488 e. The van der Waals surface area contributed by atoms with Gasteiger partial charge in [0.05, 0.1) is 11.6 Å². The number of aliphatic hydroxyl groups excluding tert-OH is 1. The number of rotatable bonds is 7. The van der Waals surface area contributed by atoms with Crippen LogP contribution in [0.3, 0.4) is 0 Å². The number of nitrogens with one attached hydrogen (secondary N) is 1. The SMILES string of the molecule is CC(C)(CO)NCc1ccccc1OCc1c(F)cccc1Cl. The maximum absolute atomic E-state index is 13.8. The highest BCUT2D eigenvalue weighted by Crippen LogP contribution is 2.24. The number of benzene rings is 2. The fraction of sp³-hybridized carbons (Fsp3) is 0.333. The first-order valence-corrected chi connectivity index (χ1v) is 7.80. The minimum atomic E-state index is -0.387. The lowest BCUT2D eigenvalue weighted by atomic mass is 10.1. The van der Waals surface area contributed by atoms with Crippen molar-refractivity contribution in [2.75, 3.05) is 6.61 Å². The van der Waals surface area contributed by atoms with Gasteiger partial charge < -0.3 is 15.2 Å². The normalized spacial score (nSPS) is 11.5. The van der Waals surface area contributed by atoms with E-state index in [1.165, 1.54) is 6.07 Å². The first-order valence-electron chi connectivity index (χ1n) is 7.42. The van der Waals surface area contributed by atoms with Crippen molar-refractivity contribution in [2.24, 2.45) is 0 Å². The molecule has 0 fully saturated rings. The summed E-state index contributed by atoms with van der Waals surface area (Å²) in [7, 11) is 0. The lowest BCUT2D eigenvalue weighted by Gasteiger charge is -2.24. The van der Waals surface area contributed by atoms with E-state index in [0.29, 0.717) is 22.9 Å². The van der Waals surface area contributed by atoms with Gasteiger partial charge in [0.25, 0.3) is 0 Å². The Morgan fingerprint density at radius 1 is 1.17 bits per heavy atom. The molecule has 0 heterocycles. The molecule has 0 radical (unpaired) electrons. The number of hydrogen-bond acceptors (Lipinski definition) is 3. The zero-order valence-electron chi connectivity index (χ0n) is 13.3. The first kappa shape index (κ1) is 17.7. The number of para-hydroxylation sites is 1. The maximum Gasteiger partial charge on any atom is 0.131 e. The van der Waals surface area contributed by atoms with Gasteiger partial charge in [-0.2, -0.15) is 0 Å². The molecule has 0 amide bonds. The second-order valence-corrected chi connectivity index (χ2v) is 6.40. The third-order valence-electron chi connectivity index (χ3n) is 3.56. The second kappa shape index (κ2) is 7.77. The van der Waals surface area contributed by atoms with Crippen molar-refractivity contribution in [3.63, 3.8) is 0 Å². The van der Waals surface area contributed by atoms with Gasteiger partial charge in [0.1, 0.15) is 18.2 Å². The summed E-state index contributed by atoms with van der Waals surface area (Å²) in [5, 5.41) is 12.9. The van der Waals surface area contributed by atoms with Crippen LogP contribution in [0.5, 0.6) is 5.75 Å². The van der Waals surface area contributed by atoms with Gasteiger partial charge in [0.15, 0.2) is 0 Å². The highest BCUT2D eigenvalue weighted by atomic mass is 35.5. The van der Waals surface area contributed by atoms with Crippen LogP contribution < -0.4 is 10.1 Å². The average Bonchev–Trinajstić information content (AvgIpc) is 2.53. The summed E-state index contributed by atoms with van der Waals surface area (Å²) >= 11 is 6.02. The Morgan fingerprint density at radius 2 is 1.91 bits per heavy atom. The molecule has 23 heavy (non-hydrogen) atoms. The molecule has 2 aromatic rings. The quantitative estimate of drug-likeness (QED) is 0.804. The number of hydrogen-bond donors (Lipinski definition) is 2. The van der Waals surface area contributed by atoms with E-state index in [2.05, 4.69) is 5.32 Å². The summed E-state index contributed by atoms with van der Waals surface area (Å²) in [6.45, 7) is 4.45. The zero-order valence-corrected chi connectivity index (χ0v) is 14.0. The molecule has 0 unspecified atom stereocenters. The standard InChI is InChI=1S/C18H21ClFNO2/c1-18(2,12-22)21-10-13-6-3-4-9-17(13)23-11-14-15(19)7-5-8-16(14)20/h3-9,21-22H,10-12H2,1-2H3. The molecule has 2 N–H and O–H groups in total. The van der Waals surface area contributed by atoms with E-state index >= 15 is 0 Å². The molecule has 0 aliphatic carbocycles. The van der Waals surface area contributed by atoms with E-state index in [0.717, 1.165) is 5.56 Å².